The second-order valence-electron chi connectivity index (χ2n) is 36.3. The molecule has 0 radical (unpaired) electrons. The first-order chi connectivity index (χ1) is 66.2. The molecule has 4 unspecified atom stereocenters. The normalized spacial score (nSPS) is 16.8. The van der Waals surface area contributed by atoms with Crippen LogP contribution in [0.3, 0.4) is 0 Å². The van der Waals surface area contributed by atoms with Gasteiger partial charge in [0, 0.05) is 176 Å². The summed E-state index contributed by atoms with van der Waals surface area (Å²) in [5, 5.41) is 32.9. The van der Waals surface area contributed by atoms with E-state index < -0.39 is 31.4 Å². The van der Waals surface area contributed by atoms with Crippen LogP contribution >= 0.6 is 0 Å². The molecule has 4 atom stereocenters. The lowest BCUT2D eigenvalue weighted by atomic mass is 10.0. The molecule has 2 aliphatic carbocycles. The van der Waals surface area contributed by atoms with Gasteiger partial charge >= 0.3 is 0 Å². The average Bonchev–Trinajstić information content (AvgIpc) is 1.75. The molecule has 1 saturated carbocycles. The maximum absolute atomic E-state index is 14.3. The quantitative estimate of drug-likeness (QED) is 0.0291. The largest absolute Gasteiger partial charge is 0.489 e. The van der Waals surface area contributed by atoms with Crippen molar-refractivity contribution >= 4 is 116 Å². The number of hydrogen-bond donors (Lipinski definition) is 5. The van der Waals surface area contributed by atoms with Crippen molar-refractivity contribution in [1.29, 1.82) is 0 Å². The summed E-state index contributed by atoms with van der Waals surface area (Å²) in [6.45, 7) is 14.1. The summed E-state index contributed by atoms with van der Waals surface area (Å²) in [6.07, 6.45) is 26.8. The topological polar surface area (TPSA) is 392 Å². The lowest BCUT2D eigenvalue weighted by molar-refractivity contribution is 0.104. The number of rotatable bonds is 29. The molecule has 3 saturated heterocycles. The van der Waals surface area contributed by atoms with Gasteiger partial charge in [0.2, 0.25) is 17.8 Å². The number of benzene rings is 4. The molecular weight excluding hydrogens is 1790 g/mol. The number of methoxy groups -OCH3 is 1. The fraction of sp³-hybridized carbons (Fsp3) is 0.404. The number of anilines is 8. The number of likely N-dealkylation sites (N-methyl/N-ethyl adjacent to an activating group) is 2. The highest BCUT2D eigenvalue weighted by Gasteiger charge is 2.32. The number of nitrogens with zero attached hydrogens (tertiary/aromatic N) is 21. The first-order valence-corrected chi connectivity index (χ1v) is 50.9. The molecule has 19 rings (SSSR count). The first-order valence-electron chi connectivity index (χ1n) is 46.8. The van der Waals surface area contributed by atoms with Gasteiger partial charge < -0.3 is 55.3 Å². The highest BCUT2D eigenvalue weighted by atomic mass is 32.2. The number of aromatic nitrogens is 18. The maximum Gasteiger partial charge on any atom is 0.263 e. The molecule has 137 heavy (non-hydrogen) atoms. The van der Waals surface area contributed by atoms with Gasteiger partial charge in [-0.2, -0.15) is 20.1 Å². The second-order valence-corrected chi connectivity index (χ2v) is 42.0. The van der Waals surface area contributed by atoms with Crippen LogP contribution < -0.4 is 52.9 Å². The predicted molar refractivity (Wildman–Crippen MR) is 537 cm³/mol. The third-order valence-electron chi connectivity index (χ3n) is 26.0. The van der Waals surface area contributed by atoms with Crippen LogP contribution in [0.2, 0.25) is 0 Å². The van der Waals surface area contributed by atoms with E-state index in [2.05, 4.69) is 127 Å². The minimum atomic E-state index is -3.70. The van der Waals surface area contributed by atoms with Gasteiger partial charge in [-0.1, -0.05) is 61.7 Å². The van der Waals surface area contributed by atoms with Crippen molar-refractivity contribution < 1.29 is 26.3 Å². The Labute approximate surface area is 800 Å². The third kappa shape index (κ3) is 22.2. The zero-order valence-electron chi connectivity index (χ0n) is 79.2. The van der Waals surface area contributed by atoms with Crippen LogP contribution in [0, 0.1) is 6.92 Å². The molecule has 5 N–H and O–H groups in total. The van der Waals surface area contributed by atoms with Crippen LogP contribution in [-0.4, -0.2) is 223 Å². The summed E-state index contributed by atoms with van der Waals surface area (Å²) in [6, 6.07) is 38.2. The number of pyridine rings is 3. The summed E-state index contributed by atoms with van der Waals surface area (Å²) >= 11 is 0. The van der Waals surface area contributed by atoms with Crippen molar-refractivity contribution in [3.63, 3.8) is 0 Å². The Balaban J connectivity index is 0.000000142. The van der Waals surface area contributed by atoms with Crippen molar-refractivity contribution in [3.05, 3.63) is 230 Å². The van der Waals surface area contributed by atoms with Crippen molar-refractivity contribution in [2.45, 2.75) is 174 Å². The molecule has 38 heteroatoms. The monoisotopic (exact) mass is 1910 g/mol. The van der Waals surface area contributed by atoms with Crippen molar-refractivity contribution in [1.82, 2.24) is 103 Å². The Hall–Kier alpha value is -13.0. The predicted octanol–water partition coefficient (Wildman–Crippen LogP) is 12.9. The zero-order valence-corrected chi connectivity index (χ0v) is 81.7. The molecule has 10 aromatic heterocycles. The Morgan fingerprint density at radius 3 is 1.77 bits per heavy atom. The number of ether oxygens (including phenoxy) is 2. The van der Waals surface area contributed by atoms with Gasteiger partial charge in [-0.05, 0) is 232 Å². The minimum absolute atomic E-state index is 0.0308. The standard InChI is InChI=1S/C35H40N8O3S.C33H42N8O4S.C31H36N10O2S/c1-23-9-4-7-13-29(23)30-19-24-20-36-35(37-25-14-16-26(17-15-25)46-27-10-8-18-41(2)21-27)38-32(24)43(33(30)44)22-31-34(42(3)40-39-31)47(45)28-11-5-6-12-28;1-22-7-5-9-27(22)28-17-23-18-35-33(36-24-10-12-25(13-11-24)40(3)26-8-6-14-34-19-26)37-31(23)41(32(28)42)20-29-30(21-39(2)38-29)46(43,44)16-15-45-4;1-20(2)44(43)29-26(32-11-12-34-29)19-41-27-21(17-25(30(41)42)28-33-13-16-40(28)4)18-35-31(38-27)37-23-7-5-22(6-8-23)36-24-9-14-39(3)15-10-24/h4,7,9,13-17,19-20,27-28H,5-6,8,10-12,18,21-22H2,1-3H3,(H,36,37,38);10-13,17-18,21,26,34H,5-9,14-16,19-20H2,1-4H3,(H,35,36,37);5-8,11-13,16-18,20,24,36H,9-10,14-15,19H2,1-4H3,(H,35,37,38). The molecule has 13 heterocycles. The molecular formula is C99H118N26O9S3. The Morgan fingerprint density at radius 1 is 0.591 bits per heavy atom. The van der Waals surface area contributed by atoms with Crippen LogP contribution in [0.1, 0.15) is 132 Å². The first kappa shape index (κ1) is 95.7. The van der Waals surface area contributed by atoms with Crippen molar-refractivity contribution in [2.24, 2.45) is 21.1 Å². The van der Waals surface area contributed by atoms with E-state index in [0.29, 0.717) is 107 Å². The third-order valence-corrected chi connectivity index (χ3v) is 31.3. The number of aryl methyl sites for hydroxylation is 4. The zero-order chi connectivity index (χ0) is 95.7. The average molecular weight is 1910 g/mol. The van der Waals surface area contributed by atoms with Crippen molar-refractivity contribution in [3.8, 4) is 28.3 Å². The van der Waals surface area contributed by atoms with E-state index in [9.17, 15) is 31.2 Å². The summed E-state index contributed by atoms with van der Waals surface area (Å²) in [4.78, 5) is 91.0. The van der Waals surface area contributed by atoms with Gasteiger partial charge in [-0.3, -0.25) is 46.2 Å². The molecule has 4 aromatic carbocycles. The van der Waals surface area contributed by atoms with E-state index in [0.717, 1.165) is 167 Å². The minimum Gasteiger partial charge on any atom is -0.489 e. The van der Waals surface area contributed by atoms with Gasteiger partial charge in [0.15, 0.2) is 19.9 Å². The summed E-state index contributed by atoms with van der Waals surface area (Å²) < 4.78 is 74.0. The van der Waals surface area contributed by atoms with Crippen LogP contribution in [0.4, 0.5) is 46.3 Å². The van der Waals surface area contributed by atoms with Crippen molar-refractivity contribution in [2.75, 3.05) is 106 Å². The van der Waals surface area contributed by atoms with E-state index in [1.165, 1.54) is 45.3 Å². The van der Waals surface area contributed by atoms with Crippen LogP contribution in [0.15, 0.2) is 200 Å². The van der Waals surface area contributed by atoms with E-state index in [-0.39, 0.29) is 75.9 Å². The fourth-order valence-electron chi connectivity index (χ4n) is 18.5. The van der Waals surface area contributed by atoms with E-state index in [1.54, 1.807) is 71.2 Å². The summed E-state index contributed by atoms with van der Waals surface area (Å²) in [5.74, 6) is 2.18. The Kier molecular flexibility index (Phi) is 29.9. The molecule has 3 aliphatic heterocycles. The van der Waals surface area contributed by atoms with Crippen LogP contribution in [0.25, 0.3) is 61.2 Å². The van der Waals surface area contributed by atoms with Gasteiger partial charge in [0.1, 0.15) is 50.9 Å². The number of sulfone groups is 1. The lowest BCUT2D eigenvalue weighted by Crippen LogP contribution is -2.44. The maximum atomic E-state index is 14.3. The number of nitrogens with one attached hydrogen (secondary N) is 5. The van der Waals surface area contributed by atoms with E-state index >= 15 is 0 Å². The summed E-state index contributed by atoms with van der Waals surface area (Å²) in [5.41, 5.74) is 12.0. The highest BCUT2D eigenvalue weighted by Crippen LogP contribution is 2.36. The number of likely N-dealkylation sites (tertiary alicyclic amines) is 2. The van der Waals surface area contributed by atoms with E-state index in [1.807, 2.05) is 125 Å². The van der Waals surface area contributed by atoms with Crippen LogP contribution in [-0.2, 0) is 77.0 Å². The second kappa shape index (κ2) is 42.7. The molecule has 0 bridgehead atoms. The van der Waals surface area contributed by atoms with Crippen LogP contribution in [0.5, 0.6) is 5.75 Å². The van der Waals surface area contributed by atoms with Gasteiger partial charge in [0.25, 0.3) is 16.7 Å². The molecule has 4 fully saturated rings. The number of allylic oxidation sites excluding steroid dienone is 2. The molecule has 5 aliphatic rings. The Bertz CT molecular complexity index is 7100. The number of fused-ring (bicyclic) bond motifs is 3. The number of imidazole rings is 1. The van der Waals surface area contributed by atoms with Gasteiger partial charge in [-0.15, -0.1) is 5.10 Å². The van der Waals surface area contributed by atoms with E-state index in [4.69, 9.17) is 24.4 Å². The molecule has 35 nitrogen and oxygen atoms in total. The smallest absolute Gasteiger partial charge is 0.263 e. The fourth-order valence-corrected chi connectivity index (χ4v) is 22.6. The number of piperidine rings is 3. The summed E-state index contributed by atoms with van der Waals surface area (Å²) in [7, 11) is 6.75. The number of hydrogen-bond acceptors (Lipinski definition) is 29. The molecule has 14 aromatic rings. The SMILES string of the molecule is CC(C)S(=O)c1nccnc1Cn1c(=O)c(-c2nccn2C)cc2cnc(Nc3ccc(NC4CCN(C)CC4)cc3)nc21.COCCS(=O)(=O)c1cn(C)nc1Cn1c(=O)c(C2=C(C)CCC2)cc2cnc(Nc3ccc(N(C)C4CCCNC4)cc3)nc21.Cc1ccccc1-c1cc2cnc(Nc3ccc(OC4CCCN(C)C4)cc3)nc2n(Cc2nnn(C)c2S(=O)C2CCCC2)c1=O. The molecule has 716 valence electrons. The molecule has 0 amide bonds. The Morgan fingerprint density at radius 2 is 1.18 bits per heavy atom. The lowest BCUT2D eigenvalue weighted by Gasteiger charge is -2.33. The molecule has 0 spiro atoms. The van der Waals surface area contributed by atoms with Gasteiger partial charge in [-0.25, -0.2) is 38.0 Å². The highest BCUT2D eigenvalue weighted by molar-refractivity contribution is 7.91. The van der Waals surface area contributed by atoms with Gasteiger partial charge in [0.05, 0.1) is 64.9 Å².